The first-order valence-corrected chi connectivity index (χ1v) is 9.89. The van der Waals surface area contributed by atoms with Crippen LogP contribution in [-0.4, -0.2) is 67.9 Å². The van der Waals surface area contributed by atoms with Crippen molar-refractivity contribution in [3.63, 3.8) is 0 Å². The third-order valence-electron chi connectivity index (χ3n) is 5.99. The molecule has 0 bridgehead atoms. The summed E-state index contributed by atoms with van der Waals surface area (Å²) in [6.45, 7) is 3.24. The number of nitrogens with zero attached hydrogens (tertiary/aromatic N) is 5. The first kappa shape index (κ1) is 19.6. The van der Waals surface area contributed by atoms with E-state index < -0.39 is 6.10 Å². The van der Waals surface area contributed by atoms with Gasteiger partial charge in [0.2, 0.25) is 0 Å². The summed E-state index contributed by atoms with van der Waals surface area (Å²) < 4.78 is 9.14. The van der Waals surface area contributed by atoms with Crippen molar-refractivity contribution >= 4 is 16.9 Å². The van der Waals surface area contributed by atoms with Gasteiger partial charge in [-0.2, -0.15) is 0 Å². The Morgan fingerprint density at radius 3 is 2.90 bits per heavy atom. The van der Waals surface area contributed by atoms with Crippen LogP contribution in [0.2, 0.25) is 0 Å². The molecule has 3 aromatic rings. The number of aromatic nitrogens is 4. The van der Waals surface area contributed by atoms with Crippen LogP contribution < -0.4 is 0 Å². The van der Waals surface area contributed by atoms with Crippen molar-refractivity contribution in [1.82, 2.24) is 24.0 Å². The highest BCUT2D eigenvalue weighted by Gasteiger charge is 2.40. The smallest absolute Gasteiger partial charge is 0.254 e. The molecule has 1 aliphatic carbocycles. The number of benzene rings is 1. The normalized spacial score (nSPS) is 21.7. The number of amides is 1. The Hall–Kier alpha value is -2.71. The predicted molar refractivity (Wildman–Crippen MR) is 109 cm³/mol. The van der Waals surface area contributed by atoms with Gasteiger partial charge in [-0.25, -0.2) is 9.97 Å². The summed E-state index contributed by atoms with van der Waals surface area (Å²) in [5, 5.41) is 10.9. The van der Waals surface area contributed by atoms with Crippen molar-refractivity contribution in [3.8, 4) is 0 Å². The van der Waals surface area contributed by atoms with Crippen LogP contribution >= 0.6 is 0 Å². The zero-order valence-corrected chi connectivity index (χ0v) is 17.0. The van der Waals surface area contributed by atoms with Gasteiger partial charge in [0, 0.05) is 38.7 Å². The Morgan fingerprint density at radius 1 is 1.34 bits per heavy atom. The van der Waals surface area contributed by atoms with Gasteiger partial charge in [-0.3, -0.25) is 4.79 Å². The Balaban J connectivity index is 1.51. The molecule has 1 saturated carbocycles. The second kappa shape index (κ2) is 7.96. The number of likely N-dealkylation sites (N-methyl/N-ethyl adjacent to an activating group) is 1. The highest BCUT2D eigenvalue weighted by molar-refractivity contribution is 5.97. The Morgan fingerprint density at radius 2 is 2.17 bits per heavy atom. The molecule has 0 unspecified atom stereocenters. The highest BCUT2D eigenvalue weighted by atomic mass is 16.5. The molecular formula is C21H27N5O3. The van der Waals surface area contributed by atoms with Gasteiger partial charge in [0.25, 0.3) is 5.91 Å². The first-order valence-electron chi connectivity index (χ1n) is 9.89. The molecule has 0 saturated heterocycles. The van der Waals surface area contributed by atoms with E-state index in [0.29, 0.717) is 18.7 Å². The number of hydrogen-bond acceptors (Lipinski definition) is 5. The summed E-state index contributed by atoms with van der Waals surface area (Å²) in [5.74, 6) is 0.767. The molecule has 2 aromatic heterocycles. The fourth-order valence-corrected chi connectivity index (χ4v) is 4.32. The number of aryl methyl sites for hydroxylation is 1. The lowest BCUT2D eigenvalue weighted by Crippen LogP contribution is -2.43. The average Bonchev–Trinajstić information content (AvgIpc) is 3.43. The van der Waals surface area contributed by atoms with Gasteiger partial charge < -0.3 is 23.9 Å². The van der Waals surface area contributed by atoms with E-state index in [9.17, 15) is 9.90 Å². The minimum Gasteiger partial charge on any atom is -0.389 e. The van der Waals surface area contributed by atoms with E-state index in [4.69, 9.17) is 4.74 Å². The molecule has 4 rings (SSSR count). The van der Waals surface area contributed by atoms with Crippen LogP contribution in [0.5, 0.6) is 0 Å². The number of aliphatic hydroxyl groups excluding tert-OH is 1. The van der Waals surface area contributed by atoms with Crippen LogP contribution in [0.25, 0.3) is 11.0 Å². The molecule has 29 heavy (non-hydrogen) atoms. The third-order valence-corrected chi connectivity index (χ3v) is 5.99. The van der Waals surface area contributed by atoms with Crippen LogP contribution in [0.15, 0.2) is 36.9 Å². The van der Waals surface area contributed by atoms with Gasteiger partial charge in [-0.05, 0) is 38.0 Å². The lowest BCUT2D eigenvalue weighted by molar-refractivity contribution is 0.0441. The molecule has 1 amide bonds. The molecule has 8 nitrogen and oxygen atoms in total. The first-order chi connectivity index (χ1) is 14.0. The maximum atomic E-state index is 13.1. The SMILES string of the molecule is COCCn1cnc2cc(C(=O)N(C)[C@@H]3CC[C@@H](n4ccnc4C)[C@@H]3O)ccc21. The fraction of sp³-hybridized carbons (Fsp3) is 0.476. The second-order valence-corrected chi connectivity index (χ2v) is 7.63. The molecule has 0 spiro atoms. The quantitative estimate of drug-likeness (QED) is 0.688. The maximum absolute atomic E-state index is 13.1. The number of aliphatic hydroxyl groups is 1. The molecule has 3 atom stereocenters. The van der Waals surface area contributed by atoms with E-state index in [1.807, 2.05) is 40.5 Å². The van der Waals surface area contributed by atoms with E-state index in [1.165, 1.54) is 0 Å². The van der Waals surface area contributed by atoms with Crippen molar-refractivity contribution in [2.45, 2.75) is 44.5 Å². The zero-order valence-electron chi connectivity index (χ0n) is 17.0. The lowest BCUT2D eigenvalue weighted by atomic mass is 10.1. The number of methoxy groups -OCH3 is 1. The van der Waals surface area contributed by atoms with Crippen LogP contribution in [0.4, 0.5) is 0 Å². The van der Waals surface area contributed by atoms with Crippen molar-refractivity contribution in [2.24, 2.45) is 0 Å². The Kier molecular flexibility index (Phi) is 5.38. The van der Waals surface area contributed by atoms with Gasteiger partial charge in [-0.15, -0.1) is 0 Å². The number of carbonyl (C=O) groups excluding carboxylic acids is 1. The third kappa shape index (κ3) is 3.54. The minimum absolute atomic E-state index is 0.0586. The highest BCUT2D eigenvalue weighted by Crippen LogP contribution is 2.34. The Labute approximate surface area is 169 Å². The summed E-state index contributed by atoms with van der Waals surface area (Å²) in [6.07, 6.45) is 6.32. The van der Waals surface area contributed by atoms with Crippen LogP contribution in [0.1, 0.15) is 35.1 Å². The number of carbonyl (C=O) groups is 1. The molecular weight excluding hydrogens is 370 g/mol. The number of imidazole rings is 2. The molecule has 1 aromatic carbocycles. The van der Waals surface area contributed by atoms with Gasteiger partial charge in [0.1, 0.15) is 5.82 Å². The second-order valence-electron chi connectivity index (χ2n) is 7.63. The number of rotatable bonds is 6. The van der Waals surface area contributed by atoms with E-state index in [2.05, 4.69) is 9.97 Å². The summed E-state index contributed by atoms with van der Waals surface area (Å²) in [6, 6.07) is 5.27. The molecule has 1 aliphatic rings. The summed E-state index contributed by atoms with van der Waals surface area (Å²) in [4.78, 5) is 23.4. The Bertz CT molecular complexity index is 1010. The summed E-state index contributed by atoms with van der Waals surface area (Å²) in [7, 11) is 3.43. The van der Waals surface area contributed by atoms with Gasteiger partial charge in [-0.1, -0.05) is 0 Å². The topological polar surface area (TPSA) is 85.4 Å². The van der Waals surface area contributed by atoms with Crippen LogP contribution in [0.3, 0.4) is 0 Å². The van der Waals surface area contributed by atoms with E-state index in [0.717, 1.165) is 29.7 Å². The molecule has 1 fully saturated rings. The largest absolute Gasteiger partial charge is 0.389 e. The van der Waals surface area contributed by atoms with Crippen molar-refractivity contribution in [1.29, 1.82) is 0 Å². The zero-order chi connectivity index (χ0) is 20.5. The number of ether oxygens (including phenoxy) is 1. The van der Waals surface area contributed by atoms with Crippen molar-refractivity contribution in [2.75, 3.05) is 20.8 Å². The molecule has 8 heteroatoms. The maximum Gasteiger partial charge on any atom is 0.254 e. The van der Waals surface area contributed by atoms with Gasteiger partial charge in [0.15, 0.2) is 0 Å². The van der Waals surface area contributed by atoms with E-state index in [1.54, 1.807) is 31.6 Å². The van der Waals surface area contributed by atoms with E-state index in [-0.39, 0.29) is 18.0 Å². The van der Waals surface area contributed by atoms with Gasteiger partial charge >= 0.3 is 0 Å². The predicted octanol–water partition coefficient (Wildman–Crippen LogP) is 2.02. The summed E-state index contributed by atoms with van der Waals surface area (Å²) >= 11 is 0. The fourth-order valence-electron chi connectivity index (χ4n) is 4.32. The van der Waals surface area contributed by atoms with Crippen molar-refractivity contribution in [3.05, 3.63) is 48.3 Å². The van der Waals surface area contributed by atoms with Gasteiger partial charge in [0.05, 0.1) is 42.2 Å². The monoisotopic (exact) mass is 397 g/mol. The van der Waals surface area contributed by atoms with Crippen LogP contribution in [0, 0.1) is 6.92 Å². The van der Waals surface area contributed by atoms with Crippen LogP contribution in [-0.2, 0) is 11.3 Å². The van der Waals surface area contributed by atoms with Crippen molar-refractivity contribution < 1.29 is 14.6 Å². The lowest BCUT2D eigenvalue weighted by Gasteiger charge is -2.29. The number of fused-ring (bicyclic) bond motifs is 1. The molecule has 2 heterocycles. The summed E-state index contributed by atoms with van der Waals surface area (Å²) in [5.41, 5.74) is 2.32. The van der Waals surface area contributed by atoms with E-state index >= 15 is 0 Å². The minimum atomic E-state index is -0.631. The standard InChI is InChI=1S/C21H27N5O3/c1-14-22-8-9-26(14)19-7-6-18(20(19)27)24(2)21(28)15-4-5-17-16(12-15)23-13-25(17)10-11-29-3/h4-5,8-9,12-13,18-20,27H,6-7,10-11H2,1-3H3/t18-,19-,20-/m1/s1. The average molecular weight is 397 g/mol. The number of hydrogen-bond donors (Lipinski definition) is 1. The molecule has 0 radical (unpaired) electrons. The molecule has 1 N–H and O–H groups in total. The molecule has 154 valence electrons. The molecule has 0 aliphatic heterocycles.